The fourth-order valence-electron chi connectivity index (χ4n) is 1.08. The lowest BCUT2D eigenvalue weighted by Crippen LogP contribution is -2.09. The van der Waals surface area contributed by atoms with Crippen LogP contribution in [0, 0.1) is 5.82 Å². The van der Waals surface area contributed by atoms with Crippen molar-refractivity contribution in [1.82, 2.24) is 0 Å². The van der Waals surface area contributed by atoms with Crippen LogP contribution in [0.5, 0.6) is 5.75 Å². The van der Waals surface area contributed by atoms with Crippen molar-refractivity contribution < 1.29 is 9.13 Å². The summed E-state index contributed by atoms with van der Waals surface area (Å²) in [6, 6.07) is 2.79. The summed E-state index contributed by atoms with van der Waals surface area (Å²) in [6.45, 7) is 5.37. The number of allylic oxidation sites excluding steroid dienone is 1. The van der Waals surface area contributed by atoms with Crippen LogP contribution in [0.4, 0.5) is 4.39 Å². The van der Waals surface area contributed by atoms with Gasteiger partial charge in [-0.2, -0.15) is 0 Å². The number of hydrogen-bond acceptors (Lipinski definition) is 1. The summed E-state index contributed by atoms with van der Waals surface area (Å²) >= 11 is 0. The zero-order valence-corrected chi connectivity index (χ0v) is 7.73. The Morgan fingerprint density at radius 2 is 2.15 bits per heavy atom. The average Bonchev–Trinajstić information content (AvgIpc) is 2.07. The van der Waals surface area contributed by atoms with Gasteiger partial charge in [0.15, 0.2) is 0 Å². The quantitative estimate of drug-likeness (QED) is 0.622. The van der Waals surface area contributed by atoms with Crippen molar-refractivity contribution in [2.45, 2.75) is 6.92 Å². The zero-order valence-electron chi connectivity index (χ0n) is 7.73. The normalized spacial score (nSPS) is 9.77. The van der Waals surface area contributed by atoms with Crippen LogP contribution in [0.1, 0.15) is 12.5 Å². The summed E-state index contributed by atoms with van der Waals surface area (Å²) in [4.78, 5) is 0. The van der Waals surface area contributed by atoms with E-state index in [1.165, 1.54) is 19.2 Å². The molecule has 3 heteroatoms. The van der Waals surface area contributed by atoms with Crippen LogP contribution in [0.25, 0.3) is 5.57 Å². The van der Waals surface area contributed by atoms with E-state index in [0.29, 0.717) is 22.3 Å². The minimum atomic E-state index is -0.362. The third kappa shape index (κ3) is 1.91. The first kappa shape index (κ1) is 9.84. The molecule has 0 N–H and O–H groups in total. The Bertz CT molecular complexity index is 347. The lowest BCUT2D eigenvalue weighted by Gasteiger charge is -2.08. The number of halogens is 1. The standard InChI is InChI=1S/C10H10BFO/c1-6(2)7-4-8(11)10(13-3)5-9(7)12/h4-5H,1H2,2-3H3. The van der Waals surface area contributed by atoms with Gasteiger partial charge in [-0.25, -0.2) is 4.39 Å². The van der Waals surface area contributed by atoms with Crippen molar-refractivity contribution >= 4 is 18.9 Å². The Hall–Kier alpha value is -1.25. The maximum atomic E-state index is 13.3. The second-order valence-corrected chi connectivity index (χ2v) is 2.85. The maximum absolute atomic E-state index is 13.3. The molecule has 1 nitrogen and oxygen atoms in total. The topological polar surface area (TPSA) is 9.23 Å². The molecule has 0 unspecified atom stereocenters. The predicted molar refractivity (Wildman–Crippen MR) is 53.0 cm³/mol. The third-order valence-corrected chi connectivity index (χ3v) is 1.78. The van der Waals surface area contributed by atoms with E-state index in [0.717, 1.165) is 0 Å². The smallest absolute Gasteiger partial charge is 0.134 e. The Morgan fingerprint density at radius 3 is 2.62 bits per heavy atom. The van der Waals surface area contributed by atoms with Crippen molar-refractivity contribution in [3.63, 3.8) is 0 Å². The first-order valence-electron chi connectivity index (χ1n) is 3.85. The van der Waals surface area contributed by atoms with E-state index in [4.69, 9.17) is 12.6 Å². The molecule has 0 saturated carbocycles. The predicted octanol–water partition coefficient (Wildman–Crippen LogP) is 1.66. The highest BCUT2D eigenvalue weighted by Crippen LogP contribution is 2.18. The minimum Gasteiger partial charge on any atom is -0.497 e. The third-order valence-electron chi connectivity index (χ3n) is 1.78. The van der Waals surface area contributed by atoms with Gasteiger partial charge >= 0.3 is 0 Å². The molecule has 0 aliphatic rings. The van der Waals surface area contributed by atoms with Crippen LogP contribution in [0.3, 0.4) is 0 Å². The molecular formula is C10H10BFO. The molecule has 0 atom stereocenters. The van der Waals surface area contributed by atoms with Gasteiger partial charge in [-0.3, -0.25) is 0 Å². The molecule has 0 heterocycles. The molecule has 13 heavy (non-hydrogen) atoms. The summed E-state index contributed by atoms with van der Waals surface area (Å²) in [6.07, 6.45) is 0. The van der Waals surface area contributed by atoms with E-state index in [9.17, 15) is 4.39 Å². The molecule has 1 aromatic carbocycles. The van der Waals surface area contributed by atoms with Gasteiger partial charge in [0.25, 0.3) is 0 Å². The number of benzene rings is 1. The first-order valence-corrected chi connectivity index (χ1v) is 3.85. The van der Waals surface area contributed by atoms with Crippen molar-refractivity contribution in [2.24, 2.45) is 0 Å². The van der Waals surface area contributed by atoms with E-state index in [-0.39, 0.29) is 5.82 Å². The van der Waals surface area contributed by atoms with Gasteiger partial charge in [-0.1, -0.05) is 18.1 Å². The SMILES string of the molecule is [B]c1cc(C(=C)C)c(F)cc1OC. The fourth-order valence-corrected chi connectivity index (χ4v) is 1.08. The van der Waals surface area contributed by atoms with Crippen LogP contribution < -0.4 is 10.2 Å². The van der Waals surface area contributed by atoms with Crippen LogP contribution in [-0.2, 0) is 0 Å². The molecule has 2 radical (unpaired) electrons. The van der Waals surface area contributed by atoms with Gasteiger partial charge in [0.1, 0.15) is 19.4 Å². The Kier molecular flexibility index (Phi) is 2.76. The molecule has 66 valence electrons. The number of methoxy groups -OCH3 is 1. The van der Waals surface area contributed by atoms with Gasteiger partial charge < -0.3 is 4.74 Å². The lowest BCUT2D eigenvalue weighted by molar-refractivity contribution is 0.414. The first-order chi connectivity index (χ1) is 6.06. The van der Waals surface area contributed by atoms with Gasteiger partial charge in [0.2, 0.25) is 0 Å². The van der Waals surface area contributed by atoms with Crippen molar-refractivity contribution in [3.05, 3.63) is 30.1 Å². The highest BCUT2D eigenvalue weighted by molar-refractivity contribution is 6.34. The molecule has 0 saturated heterocycles. The minimum absolute atomic E-state index is 0.350. The van der Waals surface area contributed by atoms with E-state index in [1.54, 1.807) is 6.92 Å². The second kappa shape index (κ2) is 3.65. The fraction of sp³-hybridized carbons (Fsp3) is 0.200. The van der Waals surface area contributed by atoms with E-state index in [2.05, 4.69) is 6.58 Å². The summed E-state index contributed by atoms with van der Waals surface area (Å²) in [7, 11) is 7.06. The Balaban J connectivity index is 3.28. The van der Waals surface area contributed by atoms with E-state index < -0.39 is 0 Å². The summed E-state index contributed by atoms with van der Waals surface area (Å²) < 4.78 is 18.1. The number of ether oxygens (including phenoxy) is 1. The van der Waals surface area contributed by atoms with E-state index in [1.807, 2.05) is 0 Å². The molecule has 1 aromatic rings. The summed E-state index contributed by atoms with van der Waals surface area (Å²) in [5.41, 5.74) is 1.49. The van der Waals surface area contributed by atoms with Crippen LogP contribution in [-0.4, -0.2) is 15.0 Å². The monoisotopic (exact) mass is 176 g/mol. The molecular weight excluding hydrogens is 166 g/mol. The summed E-state index contributed by atoms with van der Waals surface area (Å²) in [5, 5.41) is 0. The largest absolute Gasteiger partial charge is 0.497 e. The molecule has 0 aliphatic heterocycles. The van der Waals surface area contributed by atoms with Gasteiger partial charge in [0.05, 0.1) is 7.11 Å². The van der Waals surface area contributed by atoms with Crippen LogP contribution >= 0.6 is 0 Å². The molecule has 0 amide bonds. The van der Waals surface area contributed by atoms with E-state index >= 15 is 0 Å². The average molecular weight is 176 g/mol. The van der Waals surface area contributed by atoms with Crippen LogP contribution in [0.2, 0.25) is 0 Å². The Labute approximate surface area is 78.6 Å². The second-order valence-electron chi connectivity index (χ2n) is 2.85. The number of rotatable bonds is 2. The van der Waals surface area contributed by atoms with Gasteiger partial charge in [-0.05, 0) is 12.5 Å². The zero-order chi connectivity index (χ0) is 10.0. The van der Waals surface area contributed by atoms with Gasteiger partial charge in [-0.15, -0.1) is 0 Å². The highest BCUT2D eigenvalue weighted by Gasteiger charge is 2.07. The molecule has 0 aromatic heterocycles. The van der Waals surface area contributed by atoms with Crippen LogP contribution in [0.15, 0.2) is 18.7 Å². The molecule has 0 fully saturated rings. The maximum Gasteiger partial charge on any atom is 0.134 e. The molecule has 0 spiro atoms. The molecule has 0 aliphatic carbocycles. The highest BCUT2D eigenvalue weighted by atomic mass is 19.1. The molecule has 0 bridgehead atoms. The van der Waals surface area contributed by atoms with Crippen molar-refractivity contribution in [2.75, 3.05) is 7.11 Å². The lowest BCUT2D eigenvalue weighted by atomic mass is 9.91. The summed E-state index contributed by atoms with van der Waals surface area (Å²) in [5.74, 6) is -0.0129. The number of hydrogen-bond donors (Lipinski definition) is 0. The van der Waals surface area contributed by atoms with Gasteiger partial charge in [0, 0.05) is 11.6 Å². The molecule has 1 rings (SSSR count). The van der Waals surface area contributed by atoms with Crippen molar-refractivity contribution in [3.8, 4) is 5.75 Å². The van der Waals surface area contributed by atoms with Crippen molar-refractivity contribution in [1.29, 1.82) is 0 Å². The Morgan fingerprint density at radius 1 is 1.54 bits per heavy atom.